The van der Waals surface area contributed by atoms with Gasteiger partial charge < -0.3 is 33.2 Å². The van der Waals surface area contributed by atoms with Gasteiger partial charge in [-0.25, -0.2) is 8.42 Å². The molecule has 53 heavy (non-hydrogen) atoms. The molecule has 1 fully saturated rings. The van der Waals surface area contributed by atoms with Gasteiger partial charge in [0.1, 0.15) is 35.9 Å². The molecule has 5 aromatic carbocycles. The molecule has 0 saturated carbocycles. The first-order chi connectivity index (χ1) is 25.9. The number of hydrogen-bond acceptors (Lipinski definition) is 9. The lowest BCUT2D eigenvalue weighted by atomic mass is 9.98. The zero-order valence-electron chi connectivity index (χ0n) is 30.0. The fourth-order valence-corrected chi connectivity index (χ4v) is 8.05. The third-order valence-corrected chi connectivity index (χ3v) is 10.8. The smallest absolute Gasteiger partial charge is 0.188 e. The molecule has 5 unspecified atom stereocenters. The Morgan fingerprint density at radius 2 is 0.925 bits per heavy atom. The van der Waals surface area contributed by atoms with Gasteiger partial charge in [-0.1, -0.05) is 121 Å². The van der Waals surface area contributed by atoms with Crippen LogP contribution < -0.4 is 9.47 Å². The second kappa shape index (κ2) is 19.0. The van der Waals surface area contributed by atoms with E-state index in [0.29, 0.717) is 23.7 Å². The lowest BCUT2D eigenvalue weighted by molar-refractivity contribution is -0.256. The highest BCUT2D eigenvalue weighted by atomic mass is 32.2. The standard InChI is InChI=1S/C43H46O9S/c1-46-37-23-36(24-38(25-37)47-2)31-53(44,45)43-42(51-29-35-21-13-6-14-22-35)41(50-28-34-19-11-5-12-20-34)40(49-27-33-17-9-4-10-18-33)39(52-43)30-48-26-32-15-7-3-8-16-32/h3-25,39-43H,26-31H2,1-2H3. The maximum atomic E-state index is 14.7. The molecule has 1 aliphatic rings. The molecule has 1 aliphatic heterocycles. The van der Waals surface area contributed by atoms with Crippen LogP contribution in [0.2, 0.25) is 0 Å². The first-order valence-corrected chi connectivity index (χ1v) is 19.3. The van der Waals surface area contributed by atoms with Crippen LogP contribution in [0.5, 0.6) is 11.5 Å². The normalized spacial score (nSPS) is 20.2. The second-order valence-electron chi connectivity index (χ2n) is 12.9. The molecule has 10 heteroatoms. The molecule has 0 aliphatic carbocycles. The van der Waals surface area contributed by atoms with Crippen molar-refractivity contribution in [2.75, 3.05) is 20.8 Å². The van der Waals surface area contributed by atoms with Crippen molar-refractivity contribution in [1.82, 2.24) is 0 Å². The third kappa shape index (κ3) is 10.8. The average molecular weight is 739 g/mol. The maximum Gasteiger partial charge on any atom is 0.188 e. The lowest BCUT2D eigenvalue weighted by Crippen LogP contribution is -2.63. The molecule has 1 saturated heterocycles. The van der Waals surface area contributed by atoms with Gasteiger partial charge in [0.05, 0.1) is 53.0 Å². The van der Waals surface area contributed by atoms with E-state index in [-0.39, 0.29) is 32.2 Å². The summed E-state index contributed by atoms with van der Waals surface area (Å²) in [5.41, 5.74) is 2.75. The van der Waals surface area contributed by atoms with Crippen LogP contribution in [-0.4, -0.2) is 59.1 Å². The van der Waals surface area contributed by atoms with E-state index < -0.39 is 39.7 Å². The Kier molecular flexibility index (Phi) is 13.7. The van der Waals surface area contributed by atoms with E-state index in [1.807, 2.05) is 121 Å². The highest BCUT2D eigenvalue weighted by Gasteiger charge is 2.53. The third-order valence-electron chi connectivity index (χ3n) is 8.97. The van der Waals surface area contributed by atoms with Crippen LogP contribution in [-0.2, 0) is 65.7 Å². The summed E-state index contributed by atoms with van der Waals surface area (Å²) in [6.45, 7) is 0.904. The number of hydrogen-bond donors (Lipinski definition) is 0. The zero-order chi connectivity index (χ0) is 36.9. The molecule has 5 aromatic rings. The summed E-state index contributed by atoms with van der Waals surface area (Å²) in [6.07, 6.45) is -3.55. The molecule has 0 bridgehead atoms. The number of ether oxygens (including phenoxy) is 7. The Morgan fingerprint density at radius 1 is 0.509 bits per heavy atom. The summed E-state index contributed by atoms with van der Waals surface area (Å²) in [5.74, 6) is 0.581. The van der Waals surface area contributed by atoms with E-state index >= 15 is 0 Å². The first kappa shape index (κ1) is 38.2. The van der Waals surface area contributed by atoms with Crippen molar-refractivity contribution in [3.05, 3.63) is 167 Å². The van der Waals surface area contributed by atoms with Crippen molar-refractivity contribution in [1.29, 1.82) is 0 Å². The maximum absolute atomic E-state index is 14.7. The van der Waals surface area contributed by atoms with Crippen molar-refractivity contribution >= 4 is 9.84 Å². The molecule has 1 heterocycles. The summed E-state index contributed by atoms with van der Waals surface area (Å²) in [4.78, 5) is 0. The summed E-state index contributed by atoms with van der Waals surface area (Å²) < 4.78 is 73.2. The minimum atomic E-state index is -4.11. The molecule has 0 spiro atoms. The number of rotatable bonds is 18. The second-order valence-corrected chi connectivity index (χ2v) is 14.9. The number of benzene rings is 5. The summed E-state index contributed by atoms with van der Waals surface area (Å²) in [5, 5.41) is 0. The Morgan fingerprint density at radius 3 is 1.38 bits per heavy atom. The molecule has 0 radical (unpaired) electrons. The van der Waals surface area contributed by atoms with Gasteiger partial charge in [-0.3, -0.25) is 0 Å². The highest BCUT2D eigenvalue weighted by Crippen LogP contribution is 2.35. The lowest BCUT2D eigenvalue weighted by Gasteiger charge is -2.45. The van der Waals surface area contributed by atoms with Crippen molar-refractivity contribution in [2.45, 2.75) is 62.0 Å². The van der Waals surface area contributed by atoms with E-state index in [4.69, 9.17) is 33.2 Å². The molecule has 0 aromatic heterocycles. The SMILES string of the molecule is COc1cc(CS(=O)(=O)C2OC(COCc3ccccc3)C(OCc3ccccc3)C(OCc3ccccc3)C2OCc2ccccc2)cc(OC)c1. The quantitative estimate of drug-likeness (QED) is 0.0917. The largest absolute Gasteiger partial charge is 0.497 e. The summed E-state index contributed by atoms with van der Waals surface area (Å²) >= 11 is 0. The van der Waals surface area contributed by atoms with Crippen LogP contribution in [0, 0.1) is 0 Å². The van der Waals surface area contributed by atoms with Gasteiger partial charge in [0.15, 0.2) is 15.3 Å². The van der Waals surface area contributed by atoms with Gasteiger partial charge >= 0.3 is 0 Å². The van der Waals surface area contributed by atoms with E-state index in [1.165, 1.54) is 14.2 Å². The number of methoxy groups -OCH3 is 2. The number of sulfone groups is 1. The Labute approximate surface area is 312 Å². The monoisotopic (exact) mass is 738 g/mol. The molecular weight excluding hydrogens is 693 g/mol. The average Bonchev–Trinajstić information content (AvgIpc) is 3.20. The summed E-state index contributed by atoms with van der Waals surface area (Å²) in [7, 11) is -1.06. The predicted molar refractivity (Wildman–Crippen MR) is 202 cm³/mol. The van der Waals surface area contributed by atoms with Gasteiger partial charge in [-0.2, -0.15) is 0 Å². The molecule has 9 nitrogen and oxygen atoms in total. The van der Waals surface area contributed by atoms with Crippen molar-refractivity contribution in [2.24, 2.45) is 0 Å². The molecular formula is C43H46O9S. The first-order valence-electron chi connectivity index (χ1n) is 17.6. The molecule has 0 amide bonds. The van der Waals surface area contributed by atoms with Gasteiger partial charge in [0.2, 0.25) is 0 Å². The van der Waals surface area contributed by atoms with Crippen molar-refractivity contribution in [3.8, 4) is 11.5 Å². The van der Waals surface area contributed by atoms with Gasteiger partial charge in [0.25, 0.3) is 0 Å². The molecule has 278 valence electrons. The summed E-state index contributed by atoms with van der Waals surface area (Å²) in [6, 6.07) is 44.0. The fourth-order valence-electron chi connectivity index (χ4n) is 6.30. The minimum Gasteiger partial charge on any atom is -0.497 e. The van der Waals surface area contributed by atoms with Crippen LogP contribution in [0.25, 0.3) is 0 Å². The van der Waals surface area contributed by atoms with E-state index in [1.54, 1.807) is 18.2 Å². The highest BCUT2D eigenvalue weighted by molar-refractivity contribution is 7.91. The molecule has 6 rings (SSSR count). The topological polar surface area (TPSA) is 98.8 Å². The zero-order valence-corrected chi connectivity index (χ0v) is 30.8. The van der Waals surface area contributed by atoms with Crippen LogP contribution in [0.1, 0.15) is 27.8 Å². The van der Waals surface area contributed by atoms with Crippen LogP contribution in [0.4, 0.5) is 0 Å². The molecule has 0 N–H and O–H groups in total. The fraction of sp³-hybridized carbons (Fsp3) is 0.302. The van der Waals surface area contributed by atoms with Gasteiger partial charge in [-0.15, -0.1) is 0 Å². The van der Waals surface area contributed by atoms with E-state index in [9.17, 15) is 8.42 Å². The Hall–Kier alpha value is -4.55. The van der Waals surface area contributed by atoms with E-state index in [0.717, 1.165) is 22.3 Å². The van der Waals surface area contributed by atoms with Crippen LogP contribution in [0.15, 0.2) is 140 Å². The van der Waals surface area contributed by atoms with Crippen LogP contribution >= 0.6 is 0 Å². The van der Waals surface area contributed by atoms with E-state index in [2.05, 4.69) is 0 Å². The van der Waals surface area contributed by atoms with Crippen molar-refractivity contribution < 1.29 is 41.6 Å². The minimum absolute atomic E-state index is 0.0456. The predicted octanol–water partition coefficient (Wildman–Crippen LogP) is 7.32. The Balaban J connectivity index is 1.38. The van der Waals surface area contributed by atoms with Crippen molar-refractivity contribution in [3.63, 3.8) is 0 Å². The molecule has 5 atom stereocenters. The van der Waals surface area contributed by atoms with Crippen LogP contribution in [0.3, 0.4) is 0 Å². The van der Waals surface area contributed by atoms with Gasteiger partial charge in [0, 0.05) is 6.07 Å². The van der Waals surface area contributed by atoms with Gasteiger partial charge in [-0.05, 0) is 39.9 Å². The Bertz CT molecular complexity index is 1900.